The maximum absolute atomic E-state index is 12.9. The van der Waals surface area contributed by atoms with Crippen molar-refractivity contribution in [2.45, 2.75) is 51.7 Å². The molecular weight excluding hydrogens is 556 g/mol. The summed E-state index contributed by atoms with van der Waals surface area (Å²) < 4.78 is 16.8. The van der Waals surface area contributed by atoms with Crippen molar-refractivity contribution in [3.8, 4) is 17.0 Å². The van der Waals surface area contributed by atoms with Crippen LogP contribution >= 0.6 is 0 Å². The van der Waals surface area contributed by atoms with Crippen LogP contribution in [0.25, 0.3) is 11.3 Å². The molecule has 1 atom stereocenters. The number of nitrogens with one attached hydrogen (secondary N) is 1. The molecule has 4 aromatic rings. The zero-order valence-corrected chi connectivity index (χ0v) is 25.6. The lowest BCUT2D eigenvalue weighted by atomic mass is 9.93. The number of rotatable bonds is 8. The summed E-state index contributed by atoms with van der Waals surface area (Å²) in [7, 11) is 1.35. The summed E-state index contributed by atoms with van der Waals surface area (Å²) in [5.41, 5.74) is 3.99. The zero-order valence-electron chi connectivity index (χ0n) is 25.6. The molecule has 1 aliphatic rings. The fourth-order valence-corrected chi connectivity index (χ4v) is 5.06. The normalized spacial score (nSPS) is 14.9. The Morgan fingerprint density at radius 2 is 1.68 bits per heavy atom. The Kier molecular flexibility index (Phi) is 9.43. The van der Waals surface area contributed by atoms with E-state index in [1.165, 1.54) is 7.11 Å². The number of anilines is 2. The third-order valence-electron chi connectivity index (χ3n) is 7.20. The fraction of sp³-hybridized carbons (Fsp3) is 0.314. The minimum atomic E-state index is -0.573. The molecule has 1 unspecified atom stereocenters. The number of aromatic nitrogens is 2. The Hall–Kier alpha value is -4.92. The van der Waals surface area contributed by atoms with Gasteiger partial charge in [-0.3, -0.25) is 0 Å². The predicted octanol–water partition coefficient (Wildman–Crippen LogP) is 7.37. The van der Waals surface area contributed by atoms with E-state index in [0.717, 1.165) is 29.7 Å². The lowest BCUT2D eigenvalue weighted by Gasteiger charge is -2.34. The van der Waals surface area contributed by atoms with Gasteiger partial charge in [0.2, 0.25) is 5.95 Å². The van der Waals surface area contributed by atoms with E-state index >= 15 is 0 Å². The number of amides is 1. The number of para-hydroxylation sites is 1. The second-order valence-corrected chi connectivity index (χ2v) is 11.7. The predicted molar refractivity (Wildman–Crippen MR) is 169 cm³/mol. The highest BCUT2D eigenvalue weighted by atomic mass is 16.6. The highest BCUT2D eigenvalue weighted by Crippen LogP contribution is 2.34. The number of hydrogen-bond acceptors (Lipinski definition) is 8. The van der Waals surface area contributed by atoms with Crippen molar-refractivity contribution in [1.29, 1.82) is 0 Å². The minimum absolute atomic E-state index is 0.0160. The van der Waals surface area contributed by atoms with Gasteiger partial charge in [-0.1, -0.05) is 42.5 Å². The van der Waals surface area contributed by atoms with Gasteiger partial charge >= 0.3 is 12.1 Å². The Balaban J connectivity index is 1.47. The summed E-state index contributed by atoms with van der Waals surface area (Å²) in [5, 5.41) is 3.30. The summed E-state index contributed by atoms with van der Waals surface area (Å²) in [6, 6.07) is 26.7. The van der Waals surface area contributed by atoms with Crippen LogP contribution in [0.3, 0.4) is 0 Å². The minimum Gasteiger partial charge on any atom is -0.488 e. The molecule has 1 N–H and O–H groups in total. The van der Waals surface area contributed by atoms with Crippen LogP contribution in [0.15, 0.2) is 84.9 Å². The van der Waals surface area contributed by atoms with E-state index in [1.807, 2.05) is 81.4 Å². The average Bonchev–Trinajstić information content (AvgIpc) is 3.03. The van der Waals surface area contributed by atoms with Crippen molar-refractivity contribution in [3.63, 3.8) is 0 Å². The number of piperidine rings is 1. The SMILES string of the molecule is COC(=O)c1ccc(Nc2nc(-c3ccccc3OCc3ccccc3)cc(C3CCCN(C(=O)OC(C)(C)C)C3)n2)cc1. The van der Waals surface area contributed by atoms with Gasteiger partial charge in [-0.2, -0.15) is 0 Å². The van der Waals surface area contributed by atoms with Gasteiger partial charge in [0.1, 0.15) is 18.0 Å². The van der Waals surface area contributed by atoms with E-state index in [9.17, 15) is 9.59 Å². The number of carbonyl (C=O) groups excluding carboxylic acids is 2. The highest BCUT2D eigenvalue weighted by Gasteiger charge is 2.30. The molecule has 1 saturated heterocycles. The lowest BCUT2D eigenvalue weighted by Crippen LogP contribution is -2.42. The molecule has 0 bridgehead atoms. The number of nitrogens with zero attached hydrogens (tertiary/aromatic N) is 3. The van der Waals surface area contributed by atoms with Gasteiger partial charge in [-0.15, -0.1) is 0 Å². The number of hydrogen-bond donors (Lipinski definition) is 1. The van der Waals surface area contributed by atoms with E-state index in [1.54, 1.807) is 29.2 Å². The van der Waals surface area contributed by atoms with Gasteiger partial charge in [0.05, 0.1) is 24.1 Å². The molecule has 5 rings (SSSR count). The second-order valence-electron chi connectivity index (χ2n) is 11.7. The van der Waals surface area contributed by atoms with Crippen molar-refractivity contribution in [2.24, 2.45) is 0 Å². The smallest absolute Gasteiger partial charge is 0.410 e. The maximum Gasteiger partial charge on any atom is 0.410 e. The number of carbonyl (C=O) groups is 2. The second kappa shape index (κ2) is 13.6. The van der Waals surface area contributed by atoms with Crippen LogP contribution in [-0.4, -0.2) is 52.7 Å². The first-order chi connectivity index (χ1) is 21.2. The maximum atomic E-state index is 12.9. The Morgan fingerprint density at radius 3 is 2.41 bits per heavy atom. The van der Waals surface area contributed by atoms with Crippen LogP contribution in [0.2, 0.25) is 0 Å². The van der Waals surface area contributed by atoms with Crippen molar-refractivity contribution in [1.82, 2.24) is 14.9 Å². The molecule has 44 heavy (non-hydrogen) atoms. The van der Waals surface area contributed by atoms with Crippen LogP contribution in [0, 0.1) is 0 Å². The number of likely N-dealkylation sites (tertiary alicyclic amines) is 1. The van der Waals surface area contributed by atoms with Gasteiger partial charge in [0.25, 0.3) is 0 Å². The fourth-order valence-electron chi connectivity index (χ4n) is 5.06. The van der Waals surface area contributed by atoms with E-state index in [4.69, 9.17) is 24.2 Å². The molecular formula is C35H38N4O5. The van der Waals surface area contributed by atoms with Gasteiger partial charge in [0, 0.05) is 30.3 Å². The third-order valence-corrected chi connectivity index (χ3v) is 7.20. The first kappa shape index (κ1) is 30.5. The molecule has 9 heteroatoms. The first-order valence-corrected chi connectivity index (χ1v) is 14.8. The third kappa shape index (κ3) is 7.92. The number of methoxy groups -OCH3 is 1. The van der Waals surface area contributed by atoms with Crippen LogP contribution in [-0.2, 0) is 16.1 Å². The van der Waals surface area contributed by atoms with Crippen molar-refractivity contribution in [3.05, 3.63) is 102 Å². The van der Waals surface area contributed by atoms with Gasteiger partial charge in [0.15, 0.2) is 0 Å². The summed E-state index contributed by atoms with van der Waals surface area (Å²) in [5.74, 6) is 0.678. The number of ether oxygens (including phenoxy) is 3. The monoisotopic (exact) mass is 594 g/mol. The van der Waals surface area contributed by atoms with Crippen molar-refractivity contribution < 1.29 is 23.8 Å². The number of benzene rings is 3. The largest absolute Gasteiger partial charge is 0.488 e. The molecule has 3 aromatic carbocycles. The van der Waals surface area contributed by atoms with Crippen LogP contribution in [0.1, 0.15) is 61.1 Å². The molecule has 0 aliphatic carbocycles. The molecule has 0 radical (unpaired) electrons. The topological polar surface area (TPSA) is 103 Å². The van der Waals surface area contributed by atoms with E-state index < -0.39 is 11.6 Å². The average molecular weight is 595 g/mol. The van der Waals surface area contributed by atoms with Crippen LogP contribution in [0.4, 0.5) is 16.4 Å². The Morgan fingerprint density at radius 1 is 0.955 bits per heavy atom. The van der Waals surface area contributed by atoms with E-state index in [0.29, 0.717) is 48.3 Å². The Bertz CT molecular complexity index is 1590. The summed E-state index contributed by atoms with van der Waals surface area (Å²) >= 11 is 0. The molecule has 0 saturated carbocycles. The van der Waals surface area contributed by atoms with Crippen molar-refractivity contribution in [2.75, 3.05) is 25.5 Å². The summed E-state index contributed by atoms with van der Waals surface area (Å²) in [6.45, 7) is 7.16. The standard InChI is InChI=1S/C35H38N4O5/c1-35(2,3)44-34(41)39-20-10-13-26(22-39)29-21-30(28-14-8-9-15-31(28)43-23-24-11-6-5-7-12-24)38-33(37-29)36-27-18-16-25(17-19-27)32(40)42-4/h5-9,11-12,14-19,21,26H,10,13,20,22-23H2,1-4H3,(H,36,37,38). The quantitative estimate of drug-likeness (QED) is 0.211. The first-order valence-electron chi connectivity index (χ1n) is 14.8. The van der Waals surface area contributed by atoms with Gasteiger partial charge in [-0.05, 0) is 81.6 Å². The molecule has 228 valence electrons. The van der Waals surface area contributed by atoms with E-state index in [2.05, 4.69) is 5.32 Å². The lowest BCUT2D eigenvalue weighted by molar-refractivity contribution is 0.0197. The molecule has 1 fully saturated rings. The molecule has 1 aliphatic heterocycles. The highest BCUT2D eigenvalue weighted by molar-refractivity contribution is 5.89. The molecule has 1 aromatic heterocycles. The van der Waals surface area contributed by atoms with Crippen molar-refractivity contribution >= 4 is 23.7 Å². The molecule has 0 spiro atoms. The molecule has 1 amide bonds. The number of esters is 1. The summed E-state index contributed by atoms with van der Waals surface area (Å²) in [6.07, 6.45) is 1.38. The molecule has 9 nitrogen and oxygen atoms in total. The van der Waals surface area contributed by atoms with Crippen LogP contribution in [0.5, 0.6) is 5.75 Å². The zero-order chi connectivity index (χ0) is 31.1. The molecule has 2 heterocycles. The van der Waals surface area contributed by atoms with Crippen LogP contribution < -0.4 is 10.1 Å². The van der Waals surface area contributed by atoms with Gasteiger partial charge < -0.3 is 24.4 Å². The summed E-state index contributed by atoms with van der Waals surface area (Å²) in [4.78, 5) is 36.4. The Labute approximate surface area is 258 Å². The van der Waals surface area contributed by atoms with E-state index in [-0.39, 0.29) is 12.0 Å². The van der Waals surface area contributed by atoms with Gasteiger partial charge in [-0.25, -0.2) is 19.6 Å².